The van der Waals surface area contributed by atoms with E-state index in [9.17, 15) is 4.79 Å². The van der Waals surface area contributed by atoms with E-state index in [0.717, 1.165) is 32.7 Å². The Morgan fingerprint density at radius 1 is 1.33 bits per heavy atom. The topological polar surface area (TPSA) is 26.8 Å². The summed E-state index contributed by atoms with van der Waals surface area (Å²) < 4.78 is 0. The van der Waals surface area contributed by atoms with Crippen molar-refractivity contribution in [2.75, 3.05) is 39.8 Å². The molecule has 1 saturated heterocycles. The van der Waals surface area contributed by atoms with Crippen molar-refractivity contribution < 1.29 is 4.79 Å². The highest BCUT2D eigenvalue weighted by atomic mass is 16.2. The van der Waals surface area contributed by atoms with Gasteiger partial charge in [0.15, 0.2) is 0 Å². The van der Waals surface area contributed by atoms with Crippen LogP contribution in [0.15, 0.2) is 0 Å². The minimum atomic E-state index is 0.195. The highest BCUT2D eigenvalue weighted by Gasteiger charge is 2.27. The summed E-state index contributed by atoms with van der Waals surface area (Å²) in [5.41, 5.74) is 0. The van der Waals surface area contributed by atoms with E-state index in [1.807, 2.05) is 23.6 Å². The van der Waals surface area contributed by atoms with Crippen LogP contribution in [-0.4, -0.2) is 66.5 Å². The second kappa shape index (κ2) is 5.35. The molecule has 0 saturated carbocycles. The molecule has 0 aliphatic carbocycles. The van der Waals surface area contributed by atoms with Gasteiger partial charge >= 0.3 is 6.03 Å². The van der Waals surface area contributed by atoms with E-state index in [4.69, 9.17) is 0 Å². The van der Waals surface area contributed by atoms with Crippen LogP contribution in [0.1, 0.15) is 20.8 Å². The minimum Gasteiger partial charge on any atom is -0.325 e. The lowest BCUT2D eigenvalue weighted by atomic mass is 10.2. The smallest absolute Gasteiger partial charge is 0.320 e. The van der Waals surface area contributed by atoms with E-state index in [-0.39, 0.29) is 6.03 Å². The quantitative estimate of drug-likeness (QED) is 0.686. The number of hydrogen-bond acceptors (Lipinski definition) is 2. The maximum atomic E-state index is 12.1. The number of nitrogens with zero attached hydrogens (tertiary/aromatic N) is 3. The van der Waals surface area contributed by atoms with Gasteiger partial charge in [-0.1, -0.05) is 0 Å². The Morgan fingerprint density at radius 3 is 2.40 bits per heavy atom. The van der Waals surface area contributed by atoms with Crippen LogP contribution in [0.25, 0.3) is 0 Å². The summed E-state index contributed by atoms with van der Waals surface area (Å²) in [7, 11) is 2.11. The number of amides is 2. The van der Waals surface area contributed by atoms with Gasteiger partial charge < -0.3 is 14.7 Å². The van der Waals surface area contributed by atoms with E-state index in [2.05, 4.69) is 18.9 Å². The molecule has 0 N–H and O–H groups in total. The molecular formula is C11H23N3O. The van der Waals surface area contributed by atoms with Gasteiger partial charge in [0.25, 0.3) is 0 Å². The van der Waals surface area contributed by atoms with Crippen molar-refractivity contribution in [3.63, 3.8) is 0 Å². The Balaban J connectivity index is 2.59. The second-order valence-corrected chi connectivity index (χ2v) is 4.26. The summed E-state index contributed by atoms with van der Waals surface area (Å²) in [6.07, 6.45) is 0. The van der Waals surface area contributed by atoms with Gasteiger partial charge in [0.1, 0.15) is 0 Å². The molecule has 0 aromatic carbocycles. The number of piperazine rings is 1. The van der Waals surface area contributed by atoms with Crippen molar-refractivity contribution >= 4 is 6.03 Å². The van der Waals surface area contributed by atoms with Crippen LogP contribution in [0.4, 0.5) is 4.79 Å². The first-order chi connectivity index (χ1) is 7.10. The average molecular weight is 213 g/mol. The fourth-order valence-corrected chi connectivity index (χ4v) is 2.10. The molecule has 4 heteroatoms. The van der Waals surface area contributed by atoms with Crippen molar-refractivity contribution in [3.8, 4) is 0 Å². The SMILES string of the molecule is CCN(CC)C(=O)N1CCN(C)CC1C. The molecule has 4 nitrogen and oxygen atoms in total. The third-order valence-corrected chi connectivity index (χ3v) is 3.11. The zero-order valence-corrected chi connectivity index (χ0v) is 10.4. The van der Waals surface area contributed by atoms with Crippen LogP contribution in [0.3, 0.4) is 0 Å². The van der Waals surface area contributed by atoms with Crippen LogP contribution in [0, 0.1) is 0 Å². The molecule has 0 spiro atoms. The normalized spacial score (nSPS) is 22.9. The van der Waals surface area contributed by atoms with Gasteiger partial charge in [-0.2, -0.15) is 0 Å². The molecule has 1 aliphatic heterocycles. The molecule has 2 amide bonds. The highest BCUT2D eigenvalue weighted by Crippen LogP contribution is 2.10. The first-order valence-electron chi connectivity index (χ1n) is 5.84. The lowest BCUT2D eigenvalue weighted by Crippen LogP contribution is -2.56. The van der Waals surface area contributed by atoms with Crippen LogP contribution < -0.4 is 0 Å². The summed E-state index contributed by atoms with van der Waals surface area (Å²) in [5.74, 6) is 0. The standard InChI is InChI=1S/C11H23N3O/c1-5-13(6-2)11(15)14-8-7-12(4)9-10(14)3/h10H,5-9H2,1-4H3. The van der Waals surface area contributed by atoms with E-state index in [1.165, 1.54) is 0 Å². The van der Waals surface area contributed by atoms with E-state index in [0.29, 0.717) is 6.04 Å². The lowest BCUT2D eigenvalue weighted by molar-refractivity contribution is 0.0939. The molecule has 0 aromatic rings. The molecule has 1 unspecified atom stereocenters. The molecule has 0 bridgehead atoms. The summed E-state index contributed by atoms with van der Waals surface area (Å²) in [4.78, 5) is 18.3. The Labute approximate surface area is 92.8 Å². The number of carbonyl (C=O) groups excluding carboxylic acids is 1. The number of carbonyl (C=O) groups is 1. The lowest BCUT2D eigenvalue weighted by Gasteiger charge is -2.40. The van der Waals surface area contributed by atoms with Crippen molar-refractivity contribution in [1.82, 2.24) is 14.7 Å². The maximum Gasteiger partial charge on any atom is 0.320 e. The first-order valence-corrected chi connectivity index (χ1v) is 5.84. The Bertz CT molecular complexity index is 216. The molecule has 1 fully saturated rings. The van der Waals surface area contributed by atoms with Crippen molar-refractivity contribution in [1.29, 1.82) is 0 Å². The number of urea groups is 1. The van der Waals surface area contributed by atoms with E-state index < -0.39 is 0 Å². The minimum absolute atomic E-state index is 0.195. The van der Waals surface area contributed by atoms with Crippen LogP contribution in [0.2, 0.25) is 0 Å². The molecular weight excluding hydrogens is 190 g/mol. The van der Waals surface area contributed by atoms with Crippen LogP contribution in [-0.2, 0) is 0 Å². The van der Waals surface area contributed by atoms with Gasteiger partial charge in [-0.05, 0) is 27.8 Å². The summed E-state index contributed by atoms with van der Waals surface area (Å²) in [6, 6.07) is 0.525. The van der Waals surface area contributed by atoms with Gasteiger partial charge in [0.2, 0.25) is 0 Å². The molecule has 1 atom stereocenters. The Hall–Kier alpha value is -0.770. The van der Waals surface area contributed by atoms with Crippen molar-refractivity contribution in [2.24, 2.45) is 0 Å². The molecule has 1 rings (SSSR count). The number of rotatable bonds is 2. The fourth-order valence-electron chi connectivity index (χ4n) is 2.10. The Kier molecular flexibility index (Phi) is 4.39. The van der Waals surface area contributed by atoms with Crippen LogP contribution in [0.5, 0.6) is 0 Å². The molecule has 0 radical (unpaired) electrons. The average Bonchev–Trinajstić information content (AvgIpc) is 2.19. The first kappa shape index (κ1) is 12.3. The third kappa shape index (κ3) is 2.84. The molecule has 88 valence electrons. The second-order valence-electron chi connectivity index (χ2n) is 4.26. The maximum absolute atomic E-state index is 12.1. The zero-order chi connectivity index (χ0) is 11.4. The van der Waals surface area contributed by atoms with Crippen LogP contribution >= 0.6 is 0 Å². The van der Waals surface area contributed by atoms with E-state index in [1.54, 1.807) is 0 Å². The fraction of sp³-hybridized carbons (Fsp3) is 0.909. The van der Waals surface area contributed by atoms with Gasteiger partial charge in [0, 0.05) is 38.8 Å². The molecule has 0 aromatic heterocycles. The highest BCUT2D eigenvalue weighted by molar-refractivity contribution is 5.74. The van der Waals surface area contributed by atoms with Gasteiger partial charge in [0.05, 0.1) is 0 Å². The van der Waals surface area contributed by atoms with Gasteiger partial charge in [-0.15, -0.1) is 0 Å². The summed E-state index contributed by atoms with van der Waals surface area (Å²) >= 11 is 0. The molecule has 1 heterocycles. The zero-order valence-electron chi connectivity index (χ0n) is 10.4. The Morgan fingerprint density at radius 2 is 1.93 bits per heavy atom. The number of likely N-dealkylation sites (N-methyl/N-ethyl adjacent to an activating group) is 1. The third-order valence-electron chi connectivity index (χ3n) is 3.11. The van der Waals surface area contributed by atoms with Crippen molar-refractivity contribution in [2.45, 2.75) is 26.8 Å². The largest absolute Gasteiger partial charge is 0.325 e. The predicted molar refractivity (Wildman–Crippen MR) is 62.0 cm³/mol. The predicted octanol–water partition coefficient (Wildman–Crippen LogP) is 1.08. The summed E-state index contributed by atoms with van der Waals surface area (Å²) in [6.45, 7) is 10.6. The van der Waals surface area contributed by atoms with Crippen molar-refractivity contribution in [3.05, 3.63) is 0 Å². The molecule has 1 aliphatic rings. The van der Waals surface area contributed by atoms with E-state index >= 15 is 0 Å². The number of hydrogen-bond donors (Lipinski definition) is 0. The molecule has 15 heavy (non-hydrogen) atoms. The monoisotopic (exact) mass is 213 g/mol. The van der Waals surface area contributed by atoms with Gasteiger partial charge in [-0.25, -0.2) is 4.79 Å². The van der Waals surface area contributed by atoms with Gasteiger partial charge in [-0.3, -0.25) is 0 Å². The summed E-state index contributed by atoms with van der Waals surface area (Å²) in [5, 5.41) is 0.